The van der Waals surface area contributed by atoms with Crippen LogP contribution in [0.25, 0.3) is 27.7 Å². The summed E-state index contributed by atoms with van der Waals surface area (Å²) < 4.78 is 61.6. The molecule has 0 bridgehead atoms. The smallest absolute Gasteiger partial charge is 0.410 e. The summed E-state index contributed by atoms with van der Waals surface area (Å²) in [5.74, 6) is -4.56. The predicted octanol–water partition coefficient (Wildman–Crippen LogP) is 6.89. The number of ether oxygens (including phenoxy) is 2. The second kappa shape index (κ2) is 12.9. The molecule has 2 aliphatic rings. The van der Waals surface area contributed by atoms with Crippen LogP contribution in [0.4, 0.5) is 29.3 Å². The van der Waals surface area contributed by atoms with Crippen LogP contribution >= 0.6 is 0 Å². The molecule has 1 fully saturated rings. The largest absolute Gasteiger partial charge is 0.496 e. The fourth-order valence-corrected chi connectivity index (χ4v) is 6.94. The number of aromatic nitrogens is 3. The molecule has 14 heteroatoms. The number of rotatable bonds is 5. The molecule has 1 saturated heterocycles. The predicted molar refractivity (Wildman–Crippen MR) is 187 cm³/mol. The number of anilines is 2. The van der Waals surface area contributed by atoms with Gasteiger partial charge in [-0.1, -0.05) is 33.8 Å². The van der Waals surface area contributed by atoms with Gasteiger partial charge < -0.3 is 24.6 Å². The molecule has 2 aromatic heterocycles. The van der Waals surface area contributed by atoms with Crippen LogP contribution in [0, 0.1) is 17.5 Å². The first-order chi connectivity index (χ1) is 24.0. The van der Waals surface area contributed by atoms with Crippen LogP contribution in [-0.4, -0.2) is 69.3 Å². The quantitative estimate of drug-likeness (QED) is 0.239. The van der Waals surface area contributed by atoms with Crippen LogP contribution in [0.5, 0.6) is 5.75 Å². The van der Waals surface area contributed by atoms with E-state index in [1.807, 2.05) is 27.7 Å². The summed E-state index contributed by atoms with van der Waals surface area (Å²) in [7, 11) is 1.26. The molecule has 0 aliphatic carbocycles. The fourth-order valence-electron chi connectivity index (χ4n) is 6.94. The highest BCUT2D eigenvalue weighted by atomic mass is 19.1. The molecule has 0 unspecified atom stereocenters. The first kappa shape index (κ1) is 35.7. The minimum Gasteiger partial charge on any atom is -0.496 e. The van der Waals surface area contributed by atoms with Crippen molar-refractivity contribution in [2.24, 2.45) is 0 Å². The Morgan fingerprint density at radius 3 is 2.20 bits per heavy atom. The number of carbonyl (C=O) groups excluding carboxylic acids is 2. The second-order valence-electron chi connectivity index (χ2n) is 14.6. The van der Waals surface area contributed by atoms with E-state index in [4.69, 9.17) is 9.47 Å². The van der Waals surface area contributed by atoms with Crippen LogP contribution in [0.2, 0.25) is 0 Å². The Balaban J connectivity index is 1.73. The molecular formula is C37H41F3N6O5. The highest BCUT2D eigenvalue weighted by molar-refractivity contribution is 6.11. The molecule has 11 nitrogen and oxygen atoms in total. The molecule has 1 N–H and O–H groups in total. The average Bonchev–Trinajstić information content (AvgIpc) is 3.04. The Morgan fingerprint density at radius 1 is 0.961 bits per heavy atom. The normalized spacial score (nSPS) is 17.5. The van der Waals surface area contributed by atoms with Crippen molar-refractivity contribution in [3.05, 3.63) is 69.8 Å². The maximum atomic E-state index is 17.5. The van der Waals surface area contributed by atoms with E-state index in [1.165, 1.54) is 30.5 Å². The first-order valence-electron chi connectivity index (χ1n) is 16.8. The molecule has 0 saturated carbocycles. The molecule has 6 rings (SSSR count). The monoisotopic (exact) mass is 706 g/mol. The molecule has 4 heterocycles. The lowest BCUT2D eigenvalue weighted by Crippen LogP contribution is -2.65. The van der Waals surface area contributed by atoms with Crippen molar-refractivity contribution >= 4 is 34.3 Å². The highest BCUT2D eigenvalue weighted by Gasteiger charge is 2.45. The van der Waals surface area contributed by atoms with Crippen LogP contribution in [0.1, 0.15) is 78.6 Å². The van der Waals surface area contributed by atoms with Gasteiger partial charge in [-0.25, -0.2) is 27.9 Å². The zero-order valence-corrected chi connectivity index (χ0v) is 30.0. The summed E-state index contributed by atoms with van der Waals surface area (Å²) in [6.45, 7) is 14.3. The molecule has 2 atom stereocenters. The maximum Gasteiger partial charge on any atom is 0.410 e. The third-order valence-corrected chi connectivity index (χ3v) is 9.17. The van der Waals surface area contributed by atoms with Crippen molar-refractivity contribution in [1.29, 1.82) is 0 Å². The summed E-state index contributed by atoms with van der Waals surface area (Å²) in [6.07, 6.45) is 0.740. The minimum absolute atomic E-state index is 0.0257. The summed E-state index contributed by atoms with van der Waals surface area (Å²) in [4.78, 5) is 53.9. The third-order valence-electron chi connectivity index (χ3n) is 9.17. The van der Waals surface area contributed by atoms with Crippen LogP contribution < -0.4 is 20.5 Å². The second-order valence-corrected chi connectivity index (χ2v) is 14.6. The number of methoxy groups -OCH3 is 1. The van der Waals surface area contributed by atoms with Gasteiger partial charge in [-0.05, 0) is 57.7 Å². The van der Waals surface area contributed by atoms with Gasteiger partial charge in [0.25, 0.3) is 5.56 Å². The van der Waals surface area contributed by atoms with Gasteiger partial charge in [0.15, 0.2) is 5.82 Å². The van der Waals surface area contributed by atoms with Gasteiger partial charge >= 0.3 is 6.09 Å². The first-order valence-corrected chi connectivity index (χ1v) is 16.8. The molecule has 270 valence electrons. The number of hydrogen-bond acceptors (Lipinski definition) is 8. The number of benzene rings is 2. The Morgan fingerprint density at radius 2 is 1.61 bits per heavy atom. The zero-order chi connectivity index (χ0) is 37.3. The van der Waals surface area contributed by atoms with Crippen molar-refractivity contribution in [3.63, 3.8) is 0 Å². The number of amides is 2. The van der Waals surface area contributed by atoms with Crippen molar-refractivity contribution in [2.75, 3.05) is 30.4 Å². The number of piperazine rings is 1. The van der Waals surface area contributed by atoms with E-state index in [1.54, 1.807) is 32.6 Å². The van der Waals surface area contributed by atoms with E-state index >= 15 is 13.2 Å². The lowest BCUT2D eigenvalue weighted by molar-refractivity contribution is -0.118. The topological polar surface area (TPSA) is 119 Å². The van der Waals surface area contributed by atoms with E-state index < -0.39 is 63.8 Å². The third kappa shape index (κ3) is 5.93. The van der Waals surface area contributed by atoms with Crippen molar-refractivity contribution in [1.82, 2.24) is 19.4 Å². The van der Waals surface area contributed by atoms with Gasteiger partial charge in [0.2, 0.25) is 5.91 Å². The molecule has 0 radical (unpaired) electrons. The molecule has 51 heavy (non-hydrogen) atoms. The fraction of sp³-hybridized carbons (Fsp3) is 0.432. The number of carbonyl (C=O) groups is 2. The maximum absolute atomic E-state index is 17.5. The average molecular weight is 707 g/mol. The molecule has 2 amide bonds. The summed E-state index contributed by atoms with van der Waals surface area (Å²) in [5.41, 5.74) is -2.31. The zero-order valence-electron chi connectivity index (χ0n) is 30.0. The minimum atomic E-state index is -1.23. The Hall–Kier alpha value is -5.14. The molecule has 2 aromatic carbocycles. The van der Waals surface area contributed by atoms with Gasteiger partial charge in [-0.15, -0.1) is 0 Å². The number of hydrogen-bond donors (Lipinski definition) is 1. The van der Waals surface area contributed by atoms with Crippen molar-refractivity contribution < 1.29 is 32.2 Å². The van der Waals surface area contributed by atoms with Gasteiger partial charge in [0, 0.05) is 18.0 Å². The van der Waals surface area contributed by atoms with E-state index in [-0.39, 0.29) is 58.6 Å². The molecule has 0 spiro atoms. The van der Waals surface area contributed by atoms with Crippen LogP contribution in [0.3, 0.4) is 0 Å². The van der Waals surface area contributed by atoms with Gasteiger partial charge in [0.1, 0.15) is 41.0 Å². The number of nitrogens with zero attached hydrogens (tertiary/aromatic N) is 5. The van der Waals surface area contributed by atoms with Gasteiger partial charge in [-0.3, -0.25) is 14.2 Å². The molecule has 2 aliphatic heterocycles. The molecular weight excluding hydrogens is 665 g/mol. The number of nitrogens with one attached hydrogen (secondary N) is 1. The molecule has 4 aromatic rings. The van der Waals surface area contributed by atoms with Crippen LogP contribution in [0.15, 0.2) is 35.4 Å². The Kier molecular flexibility index (Phi) is 9.01. The van der Waals surface area contributed by atoms with E-state index in [9.17, 15) is 14.4 Å². The Labute approximate surface area is 293 Å². The van der Waals surface area contributed by atoms with Crippen molar-refractivity contribution in [3.8, 4) is 22.6 Å². The highest BCUT2D eigenvalue weighted by Crippen LogP contribution is 2.45. The number of pyridine rings is 1. The van der Waals surface area contributed by atoms with E-state index in [0.29, 0.717) is 11.4 Å². The summed E-state index contributed by atoms with van der Waals surface area (Å²) >= 11 is 0. The summed E-state index contributed by atoms with van der Waals surface area (Å²) in [6, 6.07) is 3.27. The van der Waals surface area contributed by atoms with Gasteiger partial charge in [0.05, 0.1) is 53.1 Å². The number of halogens is 3. The van der Waals surface area contributed by atoms with Crippen LogP contribution in [-0.2, 0) is 9.53 Å². The van der Waals surface area contributed by atoms with Gasteiger partial charge in [-0.2, -0.15) is 0 Å². The summed E-state index contributed by atoms with van der Waals surface area (Å²) in [5, 5.41) is 2.64. The lowest BCUT2D eigenvalue weighted by Gasteiger charge is -2.48. The SMILES string of the molecule is COc1cccc(F)c1-c1c(F)cc2c3c(c(=O)n(-c4c(C(C)C)ncnc4C(C)C)c2c1F)NC(=O)[C@H]1CN(C(=O)OC(C)(C)C)[C@H](C)CN31. The van der Waals surface area contributed by atoms with E-state index in [0.717, 1.165) is 16.7 Å². The lowest BCUT2D eigenvalue weighted by atomic mass is 9.95. The standard InChI is InChI=1S/C37H41F3N6O5/c1-17(2)28-33(29(18(3)4)42-16-41-28)46-31-20(13-22(39)26(27(31)40)25-21(38)11-10-12-24(25)50-9)32-30(35(46)48)43-34(47)23-15-44(19(5)14-45(23)32)36(49)51-37(6,7)8/h10-13,16-19,23H,14-15H2,1-9H3,(H,43,47)/t19-,23-/m1/s1. The Bertz CT molecular complexity index is 2120. The van der Waals surface area contributed by atoms with E-state index in [2.05, 4.69) is 15.3 Å². The number of fused-ring (bicyclic) bond motifs is 5. The van der Waals surface area contributed by atoms with Crippen molar-refractivity contribution in [2.45, 2.75) is 84.9 Å².